The molecular formula is C22H19FN4O3S. The van der Waals surface area contributed by atoms with Gasteiger partial charge in [-0.25, -0.2) is 9.87 Å². The van der Waals surface area contributed by atoms with Crippen LogP contribution in [0.25, 0.3) is 16.1 Å². The Balaban J connectivity index is 1.55. The molecule has 4 rings (SSSR count). The van der Waals surface area contributed by atoms with Gasteiger partial charge in [-0.05, 0) is 41.3 Å². The third kappa shape index (κ3) is 4.62. The van der Waals surface area contributed by atoms with Crippen LogP contribution in [0.15, 0.2) is 60.1 Å². The molecule has 9 heteroatoms. The van der Waals surface area contributed by atoms with Crippen molar-refractivity contribution in [3.8, 4) is 10.6 Å². The molecule has 7 nitrogen and oxygen atoms in total. The lowest BCUT2D eigenvalue weighted by atomic mass is 9.98. The second kappa shape index (κ2) is 9.07. The summed E-state index contributed by atoms with van der Waals surface area (Å²) in [7, 11) is 0. The van der Waals surface area contributed by atoms with Gasteiger partial charge in [0.1, 0.15) is 11.9 Å². The number of H-pyrrole nitrogens is 1. The summed E-state index contributed by atoms with van der Waals surface area (Å²) >= 11 is 1.55. The Morgan fingerprint density at radius 1 is 1.29 bits per heavy atom. The van der Waals surface area contributed by atoms with Crippen molar-refractivity contribution >= 4 is 28.7 Å². The van der Waals surface area contributed by atoms with Crippen LogP contribution < -0.4 is 10.8 Å². The molecule has 0 saturated heterocycles. The third-order valence-electron chi connectivity index (χ3n) is 4.81. The summed E-state index contributed by atoms with van der Waals surface area (Å²) in [6.07, 6.45) is 5.53. The first-order valence-electron chi connectivity index (χ1n) is 9.52. The molecule has 31 heavy (non-hydrogen) atoms. The van der Waals surface area contributed by atoms with Gasteiger partial charge in [0.05, 0.1) is 28.4 Å². The van der Waals surface area contributed by atoms with Crippen LogP contribution in [-0.4, -0.2) is 33.2 Å². The van der Waals surface area contributed by atoms with Crippen molar-refractivity contribution in [2.75, 3.05) is 0 Å². The lowest BCUT2D eigenvalue weighted by Gasteiger charge is -2.11. The van der Waals surface area contributed by atoms with Crippen LogP contribution in [0.5, 0.6) is 0 Å². The predicted octanol–water partition coefficient (Wildman–Crippen LogP) is 3.87. The molecule has 3 heterocycles. The number of nitrogens with zero attached hydrogens (tertiary/aromatic N) is 1. The highest BCUT2D eigenvalue weighted by Crippen LogP contribution is 2.32. The largest absolute Gasteiger partial charge is 0.349 e. The Labute approximate surface area is 181 Å². The summed E-state index contributed by atoms with van der Waals surface area (Å²) in [5.41, 5.74) is 4.97. The van der Waals surface area contributed by atoms with Crippen LogP contribution in [0.1, 0.15) is 38.5 Å². The zero-order valence-electron chi connectivity index (χ0n) is 16.3. The molecule has 0 saturated carbocycles. The first-order valence-corrected chi connectivity index (χ1v) is 10.4. The average molecular weight is 438 g/mol. The lowest BCUT2D eigenvalue weighted by Crippen LogP contribution is -2.25. The normalized spacial score (nSPS) is 15.4. The topological polar surface area (TPSA) is 107 Å². The fourth-order valence-electron chi connectivity index (χ4n) is 3.21. The Kier molecular flexibility index (Phi) is 6.06. The highest BCUT2D eigenvalue weighted by Gasteiger charge is 2.20. The molecule has 1 atom stereocenters. The highest BCUT2D eigenvalue weighted by molar-refractivity contribution is 7.13. The molecule has 3 aromatic rings. The van der Waals surface area contributed by atoms with E-state index in [1.807, 2.05) is 23.6 Å². The van der Waals surface area contributed by atoms with Crippen molar-refractivity contribution in [3.05, 3.63) is 82.7 Å². The predicted molar refractivity (Wildman–Crippen MR) is 115 cm³/mol. The molecule has 0 radical (unpaired) electrons. The van der Waals surface area contributed by atoms with E-state index in [4.69, 9.17) is 5.21 Å². The second-order valence-electron chi connectivity index (χ2n) is 6.88. The monoisotopic (exact) mass is 438 g/mol. The minimum atomic E-state index is -1.02. The number of hydrogen-bond donors (Lipinski definition) is 4. The van der Waals surface area contributed by atoms with Gasteiger partial charge in [-0.2, -0.15) is 0 Å². The zero-order chi connectivity index (χ0) is 21.8. The number of allylic oxidation sites excluding steroid dienone is 4. The van der Waals surface area contributed by atoms with Crippen molar-refractivity contribution in [2.45, 2.75) is 19.1 Å². The van der Waals surface area contributed by atoms with E-state index in [0.717, 1.165) is 16.1 Å². The van der Waals surface area contributed by atoms with Gasteiger partial charge in [0, 0.05) is 18.2 Å². The molecule has 0 fully saturated rings. The van der Waals surface area contributed by atoms with Crippen molar-refractivity contribution in [2.24, 2.45) is 0 Å². The summed E-state index contributed by atoms with van der Waals surface area (Å²) < 4.78 is 13.5. The number of pyridine rings is 1. The molecule has 3 aromatic heterocycles. The summed E-state index contributed by atoms with van der Waals surface area (Å²) in [5, 5.41) is 13.4. The van der Waals surface area contributed by atoms with E-state index in [2.05, 4.69) is 15.3 Å². The van der Waals surface area contributed by atoms with Crippen LogP contribution in [0.4, 0.5) is 4.39 Å². The standard InChI is InChI=1S/C22H19FN4O3S/c23-15-6-3-13(4-7-15)17-10-18(19-2-1-9-31-19)26-20(17)22(29)25-12-16-8-5-14(11-24-16)21(28)27-30/h1-6,8-11,15,26,30H,7,12H2,(H,25,29)(H,27,28). The molecule has 4 N–H and O–H groups in total. The maximum absolute atomic E-state index is 13.5. The lowest BCUT2D eigenvalue weighted by molar-refractivity contribution is 0.0705. The molecule has 1 aliphatic rings. The maximum Gasteiger partial charge on any atom is 0.276 e. The minimum Gasteiger partial charge on any atom is -0.349 e. The molecule has 0 aliphatic heterocycles. The average Bonchev–Trinajstić information content (AvgIpc) is 3.48. The number of aromatic amines is 1. The SMILES string of the molecule is O=C(NO)c1ccc(CNC(=O)c2[nH]c(-c3cccs3)cc2C2=CCC(F)C=C2)nc1. The molecule has 0 bridgehead atoms. The first kappa shape index (κ1) is 20.7. The van der Waals surface area contributed by atoms with Gasteiger partial charge in [-0.1, -0.05) is 18.2 Å². The number of alkyl halides is 1. The Morgan fingerprint density at radius 3 is 2.81 bits per heavy atom. The summed E-state index contributed by atoms with van der Waals surface area (Å²) in [6.45, 7) is 0.147. The number of amides is 2. The van der Waals surface area contributed by atoms with E-state index in [1.165, 1.54) is 18.3 Å². The molecule has 158 valence electrons. The van der Waals surface area contributed by atoms with Crippen molar-refractivity contribution < 1.29 is 19.2 Å². The number of aromatic nitrogens is 2. The quantitative estimate of drug-likeness (QED) is 0.346. The van der Waals surface area contributed by atoms with E-state index in [-0.39, 0.29) is 24.4 Å². The Hall–Kier alpha value is -3.56. The number of hydroxylamine groups is 1. The van der Waals surface area contributed by atoms with Crippen molar-refractivity contribution in [1.82, 2.24) is 20.8 Å². The minimum absolute atomic E-state index is 0.147. The van der Waals surface area contributed by atoms with Gasteiger partial charge in [0.25, 0.3) is 11.8 Å². The third-order valence-corrected chi connectivity index (χ3v) is 5.71. The first-order chi connectivity index (χ1) is 15.0. The number of hydrogen-bond acceptors (Lipinski definition) is 5. The van der Waals surface area contributed by atoms with E-state index in [1.54, 1.807) is 35.0 Å². The van der Waals surface area contributed by atoms with E-state index in [9.17, 15) is 14.0 Å². The van der Waals surface area contributed by atoms with Gasteiger partial charge >= 0.3 is 0 Å². The van der Waals surface area contributed by atoms with Crippen LogP contribution >= 0.6 is 11.3 Å². The fraction of sp³-hybridized carbons (Fsp3) is 0.136. The number of nitrogens with one attached hydrogen (secondary N) is 3. The molecule has 1 unspecified atom stereocenters. The molecule has 2 amide bonds. The van der Waals surface area contributed by atoms with Gasteiger partial charge in [-0.15, -0.1) is 11.3 Å². The molecule has 0 aromatic carbocycles. The smallest absolute Gasteiger partial charge is 0.276 e. The van der Waals surface area contributed by atoms with Gasteiger partial charge in [-0.3, -0.25) is 19.8 Å². The number of thiophene rings is 1. The Morgan fingerprint density at radius 2 is 2.16 bits per heavy atom. The number of carbonyl (C=O) groups excluding carboxylic acids is 2. The van der Waals surface area contributed by atoms with Crippen LogP contribution in [0.3, 0.4) is 0 Å². The van der Waals surface area contributed by atoms with Crippen LogP contribution in [0, 0.1) is 0 Å². The zero-order valence-corrected chi connectivity index (χ0v) is 17.1. The number of halogens is 1. The Bertz CT molecular complexity index is 1150. The van der Waals surface area contributed by atoms with Crippen LogP contribution in [0.2, 0.25) is 0 Å². The summed E-state index contributed by atoms with van der Waals surface area (Å²) in [5.74, 6) is -0.988. The van der Waals surface area contributed by atoms with E-state index < -0.39 is 12.1 Å². The summed E-state index contributed by atoms with van der Waals surface area (Å²) in [6, 6.07) is 8.88. The van der Waals surface area contributed by atoms with E-state index in [0.29, 0.717) is 17.0 Å². The van der Waals surface area contributed by atoms with E-state index >= 15 is 0 Å². The van der Waals surface area contributed by atoms with Gasteiger partial charge in [0.2, 0.25) is 0 Å². The second-order valence-corrected chi connectivity index (χ2v) is 7.83. The summed E-state index contributed by atoms with van der Waals surface area (Å²) in [4.78, 5) is 32.6. The molecule has 0 spiro atoms. The van der Waals surface area contributed by atoms with Crippen LogP contribution in [-0.2, 0) is 6.54 Å². The van der Waals surface area contributed by atoms with Crippen molar-refractivity contribution in [1.29, 1.82) is 0 Å². The molecular weight excluding hydrogens is 419 g/mol. The van der Waals surface area contributed by atoms with Gasteiger partial charge < -0.3 is 10.3 Å². The molecule has 1 aliphatic carbocycles. The number of carbonyl (C=O) groups is 2. The highest BCUT2D eigenvalue weighted by atomic mass is 32.1. The van der Waals surface area contributed by atoms with Crippen molar-refractivity contribution in [3.63, 3.8) is 0 Å². The fourth-order valence-corrected chi connectivity index (χ4v) is 3.90. The maximum atomic E-state index is 13.5. The van der Waals surface area contributed by atoms with Gasteiger partial charge in [0.15, 0.2) is 0 Å². The number of rotatable bonds is 6.